The average Bonchev–Trinajstić information content (AvgIpc) is 2.34. The second-order valence-corrected chi connectivity index (χ2v) is 5.00. The van der Waals surface area contributed by atoms with Gasteiger partial charge in [0, 0.05) is 18.7 Å². The highest BCUT2D eigenvalue weighted by Gasteiger charge is 2.24. The predicted octanol–water partition coefficient (Wildman–Crippen LogP) is 2.20. The standard InChI is InChI=1S/C12H15BrN2O4/c1-8(2)14(6-7-16)12(17)9-4-3-5-10(11(9)13)15(18)19/h3-5,8,16H,6-7H2,1-2H3. The number of aliphatic hydroxyl groups excluding tert-OH is 1. The zero-order valence-electron chi connectivity index (χ0n) is 10.7. The van der Waals surface area contributed by atoms with Crippen LogP contribution in [0.25, 0.3) is 0 Å². The molecule has 0 aliphatic rings. The van der Waals surface area contributed by atoms with Gasteiger partial charge in [0.25, 0.3) is 11.6 Å². The molecule has 0 spiro atoms. The average molecular weight is 331 g/mol. The molecule has 0 heterocycles. The van der Waals surface area contributed by atoms with Crippen LogP contribution in [0.4, 0.5) is 5.69 Å². The smallest absolute Gasteiger partial charge is 0.284 e. The number of hydrogen-bond donors (Lipinski definition) is 1. The van der Waals surface area contributed by atoms with Crippen molar-refractivity contribution in [2.75, 3.05) is 13.2 Å². The van der Waals surface area contributed by atoms with Gasteiger partial charge in [0.1, 0.15) is 4.47 Å². The maximum Gasteiger partial charge on any atom is 0.284 e. The quantitative estimate of drug-likeness (QED) is 0.662. The Bertz CT molecular complexity index is 491. The third-order valence-electron chi connectivity index (χ3n) is 2.63. The molecule has 19 heavy (non-hydrogen) atoms. The van der Waals surface area contributed by atoms with E-state index in [-0.39, 0.29) is 40.8 Å². The Morgan fingerprint density at radius 3 is 2.63 bits per heavy atom. The molecule has 104 valence electrons. The molecule has 0 aromatic heterocycles. The zero-order chi connectivity index (χ0) is 14.6. The molecule has 0 saturated carbocycles. The highest BCUT2D eigenvalue weighted by atomic mass is 79.9. The van der Waals surface area contributed by atoms with E-state index in [0.717, 1.165) is 0 Å². The number of nitro groups is 1. The van der Waals surface area contributed by atoms with Gasteiger partial charge >= 0.3 is 0 Å². The Hall–Kier alpha value is -1.47. The monoisotopic (exact) mass is 330 g/mol. The number of carbonyl (C=O) groups is 1. The normalized spacial score (nSPS) is 10.6. The van der Waals surface area contributed by atoms with Crippen LogP contribution >= 0.6 is 15.9 Å². The lowest BCUT2D eigenvalue weighted by Crippen LogP contribution is -2.39. The number of aliphatic hydroxyl groups is 1. The van der Waals surface area contributed by atoms with E-state index in [1.807, 2.05) is 13.8 Å². The maximum absolute atomic E-state index is 12.3. The Morgan fingerprint density at radius 2 is 2.16 bits per heavy atom. The summed E-state index contributed by atoms with van der Waals surface area (Å²) >= 11 is 3.10. The molecule has 1 amide bonds. The van der Waals surface area contributed by atoms with Gasteiger partial charge in [-0.3, -0.25) is 14.9 Å². The lowest BCUT2D eigenvalue weighted by Gasteiger charge is -2.26. The van der Waals surface area contributed by atoms with Crippen molar-refractivity contribution in [1.29, 1.82) is 0 Å². The summed E-state index contributed by atoms with van der Waals surface area (Å²) in [5.41, 5.74) is 0.0647. The molecule has 0 fully saturated rings. The summed E-state index contributed by atoms with van der Waals surface area (Å²) in [6.07, 6.45) is 0. The summed E-state index contributed by atoms with van der Waals surface area (Å²) in [6.45, 7) is 3.67. The van der Waals surface area contributed by atoms with Crippen LogP contribution in [0.1, 0.15) is 24.2 Å². The molecule has 1 rings (SSSR count). The predicted molar refractivity (Wildman–Crippen MR) is 74.1 cm³/mol. The summed E-state index contributed by atoms with van der Waals surface area (Å²) < 4.78 is 0.161. The topological polar surface area (TPSA) is 83.7 Å². The third kappa shape index (κ3) is 3.51. The molecule has 0 atom stereocenters. The van der Waals surface area contributed by atoms with Crippen molar-refractivity contribution in [3.8, 4) is 0 Å². The number of rotatable bonds is 5. The van der Waals surface area contributed by atoms with E-state index >= 15 is 0 Å². The summed E-state index contributed by atoms with van der Waals surface area (Å²) in [5.74, 6) is -0.348. The molecule has 0 radical (unpaired) electrons. The molecule has 0 saturated heterocycles. The Morgan fingerprint density at radius 1 is 1.53 bits per heavy atom. The van der Waals surface area contributed by atoms with Gasteiger partial charge in [0.05, 0.1) is 17.1 Å². The fraction of sp³-hybridized carbons (Fsp3) is 0.417. The molecule has 0 bridgehead atoms. The van der Waals surface area contributed by atoms with Crippen molar-refractivity contribution in [3.05, 3.63) is 38.3 Å². The number of hydrogen-bond acceptors (Lipinski definition) is 4. The van der Waals surface area contributed by atoms with E-state index in [9.17, 15) is 14.9 Å². The first-order valence-electron chi connectivity index (χ1n) is 5.74. The van der Waals surface area contributed by atoms with Gasteiger partial charge in [-0.2, -0.15) is 0 Å². The van der Waals surface area contributed by atoms with E-state index in [4.69, 9.17) is 5.11 Å². The van der Waals surface area contributed by atoms with Gasteiger partial charge in [-0.05, 0) is 35.8 Å². The lowest BCUT2D eigenvalue weighted by molar-refractivity contribution is -0.385. The molecule has 1 aromatic carbocycles. The minimum atomic E-state index is -0.549. The minimum absolute atomic E-state index is 0.106. The third-order valence-corrected chi connectivity index (χ3v) is 3.46. The summed E-state index contributed by atoms with van der Waals surface area (Å²) in [7, 11) is 0. The van der Waals surface area contributed by atoms with E-state index in [1.165, 1.54) is 23.1 Å². The Labute approximate surface area is 119 Å². The first-order valence-corrected chi connectivity index (χ1v) is 6.54. The first-order chi connectivity index (χ1) is 8.90. The molecule has 0 aliphatic heterocycles. The van der Waals surface area contributed by atoms with Crippen LogP contribution in [-0.2, 0) is 0 Å². The van der Waals surface area contributed by atoms with Gasteiger partial charge in [-0.15, -0.1) is 0 Å². The Balaban J connectivity index is 3.18. The first kappa shape index (κ1) is 15.6. The number of benzene rings is 1. The SMILES string of the molecule is CC(C)N(CCO)C(=O)c1cccc([N+](=O)[O-])c1Br. The Kier molecular flexibility index (Phi) is 5.44. The van der Waals surface area contributed by atoms with Gasteiger partial charge in [-0.1, -0.05) is 6.07 Å². The summed E-state index contributed by atoms with van der Waals surface area (Å²) in [4.78, 5) is 24.1. The molecular formula is C12H15BrN2O4. The molecule has 1 aromatic rings. The van der Waals surface area contributed by atoms with Crippen molar-refractivity contribution in [1.82, 2.24) is 4.90 Å². The van der Waals surface area contributed by atoms with E-state index < -0.39 is 4.92 Å². The molecule has 1 N–H and O–H groups in total. The number of carbonyl (C=O) groups excluding carboxylic acids is 1. The second kappa shape index (κ2) is 6.63. The molecule has 0 aliphatic carbocycles. The molecule has 0 unspecified atom stereocenters. The van der Waals surface area contributed by atoms with E-state index in [0.29, 0.717) is 0 Å². The van der Waals surface area contributed by atoms with Gasteiger partial charge < -0.3 is 10.0 Å². The van der Waals surface area contributed by atoms with Crippen LogP contribution < -0.4 is 0 Å². The second-order valence-electron chi connectivity index (χ2n) is 4.21. The number of nitro benzene ring substituents is 1. The number of amides is 1. The lowest BCUT2D eigenvalue weighted by atomic mass is 10.1. The van der Waals surface area contributed by atoms with Gasteiger partial charge in [0.2, 0.25) is 0 Å². The van der Waals surface area contributed by atoms with Crippen molar-refractivity contribution in [3.63, 3.8) is 0 Å². The molecule has 6 nitrogen and oxygen atoms in total. The highest BCUT2D eigenvalue weighted by Crippen LogP contribution is 2.29. The fourth-order valence-corrected chi connectivity index (χ4v) is 2.26. The largest absolute Gasteiger partial charge is 0.395 e. The fourth-order valence-electron chi connectivity index (χ4n) is 1.68. The van der Waals surface area contributed by atoms with Gasteiger partial charge in [0.15, 0.2) is 0 Å². The van der Waals surface area contributed by atoms with Crippen LogP contribution in [0.15, 0.2) is 22.7 Å². The van der Waals surface area contributed by atoms with Crippen molar-refractivity contribution in [2.45, 2.75) is 19.9 Å². The van der Waals surface area contributed by atoms with E-state index in [1.54, 1.807) is 0 Å². The van der Waals surface area contributed by atoms with Crippen molar-refractivity contribution >= 4 is 27.5 Å². The number of halogens is 1. The van der Waals surface area contributed by atoms with E-state index in [2.05, 4.69) is 15.9 Å². The van der Waals surface area contributed by atoms with Crippen molar-refractivity contribution in [2.24, 2.45) is 0 Å². The van der Waals surface area contributed by atoms with Gasteiger partial charge in [-0.25, -0.2) is 0 Å². The minimum Gasteiger partial charge on any atom is -0.395 e. The van der Waals surface area contributed by atoms with Crippen molar-refractivity contribution < 1.29 is 14.8 Å². The number of nitrogens with zero attached hydrogens (tertiary/aromatic N) is 2. The summed E-state index contributed by atoms with van der Waals surface area (Å²) in [5, 5.41) is 19.8. The maximum atomic E-state index is 12.3. The molecule has 7 heteroatoms. The summed E-state index contributed by atoms with van der Waals surface area (Å²) in [6, 6.07) is 4.21. The van der Waals surface area contributed by atoms with Crippen LogP contribution in [0.3, 0.4) is 0 Å². The molecular weight excluding hydrogens is 316 g/mol. The van der Waals surface area contributed by atoms with Crippen LogP contribution in [-0.4, -0.2) is 40.0 Å². The zero-order valence-corrected chi connectivity index (χ0v) is 12.3. The highest BCUT2D eigenvalue weighted by molar-refractivity contribution is 9.10. The van der Waals surface area contributed by atoms with Crippen LogP contribution in [0.2, 0.25) is 0 Å². The van der Waals surface area contributed by atoms with Crippen LogP contribution in [0.5, 0.6) is 0 Å². The van der Waals surface area contributed by atoms with Crippen LogP contribution in [0, 0.1) is 10.1 Å².